The van der Waals surface area contributed by atoms with Crippen LogP contribution in [-0.2, 0) is 4.79 Å². The van der Waals surface area contributed by atoms with E-state index >= 15 is 0 Å². The molecule has 0 aromatic rings. The average molecular weight is 230 g/mol. The van der Waals surface area contributed by atoms with E-state index in [4.69, 9.17) is 0 Å². The molecule has 1 unspecified atom stereocenters. The molecule has 90 valence electrons. The largest absolute Gasteiger partial charge is 0.381 e. The van der Waals surface area contributed by atoms with E-state index in [0.29, 0.717) is 0 Å². The van der Waals surface area contributed by atoms with Gasteiger partial charge in [0.15, 0.2) is 5.78 Å². The van der Waals surface area contributed by atoms with Crippen LogP contribution < -0.4 is 0 Å². The molecule has 0 saturated heterocycles. The summed E-state index contributed by atoms with van der Waals surface area (Å²) in [5.41, 5.74) is 3.72. The molecular formula is C15H18O2. The second-order valence-electron chi connectivity index (χ2n) is 5.85. The smallest absolute Gasteiger partial charge is 0.195 e. The minimum atomic E-state index is -1.21. The number of carbonyl (C=O) groups is 1. The summed E-state index contributed by atoms with van der Waals surface area (Å²) in [6, 6.07) is 0. The Morgan fingerprint density at radius 3 is 2.35 bits per heavy atom. The van der Waals surface area contributed by atoms with Crippen molar-refractivity contribution >= 4 is 5.78 Å². The molecule has 17 heavy (non-hydrogen) atoms. The summed E-state index contributed by atoms with van der Waals surface area (Å²) in [5.74, 6) is -0.0822. The van der Waals surface area contributed by atoms with Crippen molar-refractivity contribution in [1.82, 2.24) is 0 Å². The quantitative estimate of drug-likeness (QED) is 0.694. The number of hydrogen-bond acceptors (Lipinski definition) is 2. The third-order valence-corrected chi connectivity index (χ3v) is 5.07. The van der Waals surface area contributed by atoms with Crippen LogP contribution in [0.2, 0.25) is 0 Å². The Balaban J connectivity index is 2.33. The molecule has 0 aliphatic heterocycles. The summed E-state index contributed by atoms with van der Waals surface area (Å²) in [6.07, 6.45) is 3.97. The van der Waals surface area contributed by atoms with Crippen molar-refractivity contribution in [2.24, 2.45) is 5.41 Å². The molecule has 1 fully saturated rings. The topological polar surface area (TPSA) is 37.3 Å². The van der Waals surface area contributed by atoms with Crippen molar-refractivity contribution in [2.45, 2.75) is 46.1 Å². The fraction of sp³-hybridized carbons (Fsp3) is 0.533. The van der Waals surface area contributed by atoms with E-state index in [-0.39, 0.29) is 11.2 Å². The molecule has 1 saturated carbocycles. The van der Waals surface area contributed by atoms with Crippen molar-refractivity contribution in [3.8, 4) is 0 Å². The van der Waals surface area contributed by atoms with Gasteiger partial charge in [0.1, 0.15) is 5.60 Å². The molecule has 1 atom stereocenters. The van der Waals surface area contributed by atoms with E-state index in [9.17, 15) is 9.90 Å². The van der Waals surface area contributed by atoms with Gasteiger partial charge in [0.05, 0.1) is 0 Å². The standard InChI is InChI=1S/C15H18O2/c1-8-7-11-10(3)15(5-6-15)14(4,17)13(16)12(11)9(8)2/h7,17H,5-6H2,1-4H3. The van der Waals surface area contributed by atoms with Crippen LogP contribution in [0.1, 0.15) is 40.5 Å². The number of rotatable bonds is 0. The van der Waals surface area contributed by atoms with Gasteiger partial charge in [0, 0.05) is 11.0 Å². The number of allylic oxidation sites excluding steroid dienone is 4. The summed E-state index contributed by atoms with van der Waals surface area (Å²) in [6.45, 7) is 7.77. The highest BCUT2D eigenvalue weighted by Gasteiger charge is 2.64. The van der Waals surface area contributed by atoms with Crippen LogP contribution in [-0.4, -0.2) is 16.5 Å². The minimum absolute atomic E-state index is 0.0822. The summed E-state index contributed by atoms with van der Waals surface area (Å²) >= 11 is 0. The number of hydrogen-bond donors (Lipinski definition) is 1. The first-order valence-electron chi connectivity index (χ1n) is 6.21. The van der Waals surface area contributed by atoms with Gasteiger partial charge in [0.2, 0.25) is 0 Å². The Kier molecular flexibility index (Phi) is 1.81. The van der Waals surface area contributed by atoms with Gasteiger partial charge in [-0.2, -0.15) is 0 Å². The van der Waals surface area contributed by atoms with E-state index < -0.39 is 5.60 Å². The predicted molar refractivity (Wildman–Crippen MR) is 66.5 cm³/mol. The van der Waals surface area contributed by atoms with Crippen LogP contribution in [0.15, 0.2) is 33.9 Å². The van der Waals surface area contributed by atoms with Crippen molar-refractivity contribution in [2.75, 3.05) is 0 Å². The lowest BCUT2D eigenvalue weighted by atomic mass is 9.68. The summed E-state index contributed by atoms with van der Waals surface area (Å²) in [5, 5.41) is 10.6. The van der Waals surface area contributed by atoms with E-state index in [1.807, 2.05) is 13.8 Å². The maximum atomic E-state index is 12.5. The fourth-order valence-electron chi connectivity index (χ4n) is 3.45. The summed E-state index contributed by atoms with van der Waals surface area (Å²) in [7, 11) is 0. The first-order valence-corrected chi connectivity index (χ1v) is 6.21. The summed E-state index contributed by atoms with van der Waals surface area (Å²) in [4.78, 5) is 12.5. The maximum Gasteiger partial charge on any atom is 0.195 e. The normalized spacial score (nSPS) is 34.4. The molecule has 1 spiro atoms. The van der Waals surface area contributed by atoms with E-state index in [1.165, 1.54) is 5.57 Å². The van der Waals surface area contributed by atoms with Gasteiger partial charge in [0.25, 0.3) is 0 Å². The predicted octanol–water partition coefficient (Wildman–Crippen LogP) is 2.69. The first-order chi connectivity index (χ1) is 7.83. The molecule has 1 N–H and O–H groups in total. The van der Waals surface area contributed by atoms with Gasteiger partial charge in [-0.15, -0.1) is 0 Å². The summed E-state index contributed by atoms with van der Waals surface area (Å²) < 4.78 is 0. The van der Waals surface area contributed by atoms with Crippen LogP contribution in [0, 0.1) is 5.41 Å². The number of aliphatic hydroxyl groups is 1. The zero-order valence-corrected chi connectivity index (χ0v) is 10.8. The molecule has 0 bridgehead atoms. The highest BCUT2D eigenvalue weighted by atomic mass is 16.3. The Morgan fingerprint density at radius 2 is 1.82 bits per heavy atom. The Bertz CT molecular complexity index is 537. The molecule has 0 heterocycles. The van der Waals surface area contributed by atoms with Gasteiger partial charge >= 0.3 is 0 Å². The number of carbonyl (C=O) groups excluding carboxylic acids is 1. The molecule has 0 radical (unpaired) electrons. The molecule has 2 nitrogen and oxygen atoms in total. The second-order valence-corrected chi connectivity index (χ2v) is 5.85. The highest BCUT2D eigenvalue weighted by molar-refractivity contribution is 6.11. The number of fused-ring (bicyclic) bond motifs is 1. The van der Waals surface area contributed by atoms with Crippen LogP contribution in [0.25, 0.3) is 0 Å². The van der Waals surface area contributed by atoms with Crippen LogP contribution in [0.5, 0.6) is 0 Å². The lowest BCUT2D eigenvalue weighted by Gasteiger charge is -2.38. The van der Waals surface area contributed by atoms with Gasteiger partial charge in [-0.05, 0) is 57.3 Å². The molecule has 3 rings (SSSR count). The molecule has 0 aromatic carbocycles. The van der Waals surface area contributed by atoms with Gasteiger partial charge < -0.3 is 5.11 Å². The Labute approximate surface area is 102 Å². The lowest BCUT2D eigenvalue weighted by molar-refractivity contribution is -0.137. The lowest BCUT2D eigenvalue weighted by Crippen LogP contribution is -2.49. The van der Waals surface area contributed by atoms with E-state index in [2.05, 4.69) is 13.0 Å². The van der Waals surface area contributed by atoms with Crippen molar-refractivity contribution in [3.05, 3.63) is 33.9 Å². The molecule has 2 heteroatoms. The minimum Gasteiger partial charge on any atom is -0.381 e. The molecule has 3 aliphatic rings. The molecule has 0 amide bonds. The SMILES string of the molecule is CC1=CC2=C(C)C3(CC3)C(C)(O)C(=O)C2=C1C. The van der Waals surface area contributed by atoms with Crippen molar-refractivity contribution in [3.63, 3.8) is 0 Å². The van der Waals surface area contributed by atoms with Crippen molar-refractivity contribution in [1.29, 1.82) is 0 Å². The average Bonchev–Trinajstić information content (AvgIpc) is 3.01. The Morgan fingerprint density at radius 1 is 1.24 bits per heavy atom. The van der Waals surface area contributed by atoms with Crippen molar-refractivity contribution < 1.29 is 9.90 Å². The third-order valence-electron chi connectivity index (χ3n) is 5.07. The number of Topliss-reactive ketones (excluding diaryl/α,β-unsaturated/α-hetero) is 1. The van der Waals surface area contributed by atoms with Crippen LogP contribution in [0.3, 0.4) is 0 Å². The molecule has 3 aliphatic carbocycles. The highest BCUT2D eigenvalue weighted by Crippen LogP contribution is 2.64. The van der Waals surface area contributed by atoms with Crippen LogP contribution >= 0.6 is 0 Å². The first kappa shape index (κ1) is 11.0. The maximum absolute atomic E-state index is 12.5. The zero-order chi connectivity index (χ0) is 12.6. The van der Waals surface area contributed by atoms with Gasteiger partial charge in [-0.25, -0.2) is 0 Å². The second kappa shape index (κ2) is 2.81. The number of ketones is 1. The third kappa shape index (κ3) is 1.03. The van der Waals surface area contributed by atoms with Crippen LogP contribution in [0.4, 0.5) is 0 Å². The van der Waals surface area contributed by atoms with E-state index in [1.54, 1.807) is 6.92 Å². The van der Waals surface area contributed by atoms with E-state index in [0.717, 1.165) is 35.1 Å². The Hall–Kier alpha value is -1.15. The fourth-order valence-corrected chi connectivity index (χ4v) is 3.45. The zero-order valence-electron chi connectivity index (χ0n) is 10.8. The molecule has 0 aromatic heterocycles. The van der Waals surface area contributed by atoms with Gasteiger partial charge in [-0.1, -0.05) is 11.6 Å². The monoisotopic (exact) mass is 230 g/mol. The van der Waals surface area contributed by atoms with Gasteiger partial charge in [-0.3, -0.25) is 4.79 Å². The molecular weight excluding hydrogens is 212 g/mol.